The van der Waals surface area contributed by atoms with Gasteiger partial charge in [-0.05, 0) is 27.2 Å². The summed E-state index contributed by atoms with van der Waals surface area (Å²) in [7, 11) is 0. The van der Waals surface area contributed by atoms with Crippen LogP contribution in [0, 0.1) is 6.92 Å². The van der Waals surface area contributed by atoms with E-state index >= 15 is 0 Å². The summed E-state index contributed by atoms with van der Waals surface area (Å²) in [4.78, 5) is 5.61. The maximum absolute atomic E-state index is 4.33. The van der Waals surface area contributed by atoms with E-state index in [-0.39, 0.29) is 12.1 Å². The molecule has 0 saturated heterocycles. The molecule has 3 heterocycles. The third kappa shape index (κ3) is 2.30. The van der Waals surface area contributed by atoms with E-state index in [1.807, 2.05) is 5.51 Å². The van der Waals surface area contributed by atoms with E-state index in [0.717, 1.165) is 30.3 Å². The van der Waals surface area contributed by atoms with Crippen molar-refractivity contribution in [1.29, 1.82) is 0 Å². The van der Waals surface area contributed by atoms with Crippen LogP contribution in [-0.2, 0) is 13.0 Å². The highest BCUT2D eigenvalue weighted by atomic mass is 32.1. The van der Waals surface area contributed by atoms with Gasteiger partial charge < -0.3 is 9.88 Å². The van der Waals surface area contributed by atoms with E-state index in [0.29, 0.717) is 0 Å². The summed E-state index contributed by atoms with van der Waals surface area (Å²) in [6.45, 7) is 7.45. The lowest BCUT2D eigenvalue weighted by atomic mass is 10.2. The first-order valence-corrected chi connectivity index (χ1v) is 7.62. The third-order valence-electron chi connectivity index (χ3n) is 3.70. The fourth-order valence-electron chi connectivity index (χ4n) is 2.75. The van der Waals surface area contributed by atoms with Crippen LogP contribution >= 0.6 is 11.3 Å². The minimum atomic E-state index is 0.204. The Morgan fingerprint density at radius 3 is 2.89 bits per heavy atom. The first kappa shape index (κ1) is 12.7. The maximum atomic E-state index is 4.33. The predicted octanol–water partition coefficient (Wildman–Crippen LogP) is 2.40. The summed E-state index contributed by atoms with van der Waals surface area (Å²) < 4.78 is 2.25. The average molecular weight is 277 g/mol. The number of aromatic nitrogens is 4. The molecule has 6 heteroatoms. The number of nitrogens with zero attached hydrogens (tertiary/aromatic N) is 4. The number of rotatable bonds is 4. The zero-order chi connectivity index (χ0) is 13.4. The summed E-state index contributed by atoms with van der Waals surface area (Å²) in [6.07, 6.45) is 2.25. The molecule has 0 aliphatic carbocycles. The van der Waals surface area contributed by atoms with Gasteiger partial charge in [0.25, 0.3) is 0 Å². The van der Waals surface area contributed by atoms with Crippen molar-refractivity contribution < 1.29 is 0 Å². The Bertz CT molecular complexity index is 573. The molecular weight excluding hydrogens is 258 g/mol. The fraction of sp³-hybridized carbons (Fsp3) is 0.615. The highest BCUT2D eigenvalue weighted by Gasteiger charge is 2.23. The Hall–Kier alpha value is -1.27. The molecule has 0 saturated carbocycles. The second kappa shape index (κ2) is 5.02. The molecule has 1 aliphatic heterocycles. The van der Waals surface area contributed by atoms with Crippen LogP contribution in [0.1, 0.15) is 54.6 Å². The van der Waals surface area contributed by atoms with Gasteiger partial charge in [0.2, 0.25) is 0 Å². The van der Waals surface area contributed by atoms with Crippen molar-refractivity contribution in [2.75, 3.05) is 0 Å². The lowest BCUT2D eigenvalue weighted by molar-refractivity contribution is 0.462. The number of nitrogens with one attached hydrogen (secondary N) is 1. The van der Waals surface area contributed by atoms with Gasteiger partial charge in [-0.25, -0.2) is 4.98 Å². The van der Waals surface area contributed by atoms with Gasteiger partial charge >= 0.3 is 0 Å². The second-order valence-corrected chi connectivity index (χ2v) is 6.03. The molecule has 19 heavy (non-hydrogen) atoms. The van der Waals surface area contributed by atoms with Crippen molar-refractivity contribution in [2.45, 2.75) is 52.2 Å². The van der Waals surface area contributed by atoms with Crippen LogP contribution in [0.3, 0.4) is 0 Å². The monoisotopic (exact) mass is 277 g/mol. The van der Waals surface area contributed by atoms with Crippen molar-refractivity contribution in [3.05, 3.63) is 27.7 Å². The molecule has 2 atom stereocenters. The Kier molecular flexibility index (Phi) is 3.36. The van der Waals surface area contributed by atoms with Crippen molar-refractivity contribution in [1.82, 2.24) is 25.1 Å². The molecule has 5 nitrogen and oxygen atoms in total. The van der Waals surface area contributed by atoms with Crippen LogP contribution < -0.4 is 5.32 Å². The van der Waals surface area contributed by atoms with E-state index in [1.54, 1.807) is 11.3 Å². The maximum Gasteiger partial charge on any atom is 0.149 e. The summed E-state index contributed by atoms with van der Waals surface area (Å²) in [5, 5.41) is 12.2. The molecule has 3 rings (SSSR count). The second-order valence-electron chi connectivity index (χ2n) is 5.14. The zero-order valence-electron chi connectivity index (χ0n) is 11.6. The number of aryl methyl sites for hydroxylation is 2. The molecule has 2 aromatic rings. The lowest BCUT2D eigenvalue weighted by Crippen LogP contribution is -2.25. The van der Waals surface area contributed by atoms with E-state index in [9.17, 15) is 0 Å². The highest BCUT2D eigenvalue weighted by molar-refractivity contribution is 7.09. The van der Waals surface area contributed by atoms with E-state index in [4.69, 9.17) is 0 Å². The summed E-state index contributed by atoms with van der Waals surface area (Å²) in [5.74, 6) is 2.19. The number of thiazole rings is 1. The molecule has 0 fully saturated rings. The molecule has 1 aliphatic rings. The van der Waals surface area contributed by atoms with E-state index in [2.05, 4.69) is 45.8 Å². The molecule has 2 aromatic heterocycles. The summed E-state index contributed by atoms with van der Waals surface area (Å²) >= 11 is 1.71. The molecular formula is C13H19N5S. The molecule has 1 N–H and O–H groups in total. The minimum Gasteiger partial charge on any atom is -0.314 e. The molecule has 0 aromatic carbocycles. The predicted molar refractivity (Wildman–Crippen MR) is 75.2 cm³/mol. The summed E-state index contributed by atoms with van der Waals surface area (Å²) in [6, 6.07) is 0.493. The zero-order valence-corrected chi connectivity index (χ0v) is 12.4. The molecule has 0 amide bonds. The van der Waals surface area contributed by atoms with Gasteiger partial charge in [-0.15, -0.1) is 21.5 Å². The first-order valence-electron chi connectivity index (χ1n) is 6.75. The number of hydrogen-bond acceptors (Lipinski definition) is 5. The van der Waals surface area contributed by atoms with Gasteiger partial charge in [0, 0.05) is 23.9 Å². The standard InChI is InChI=1S/C13H19N5S/c1-8-12(19-7-14-8)9(2)15-10(3)13-17-16-11-5-4-6-18(11)13/h7,9-10,15H,4-6H2,1-3H3. The van der Waals surface area contributed by atoms with Crippen LogP contribution in [0.5, 0.6) is 0 Å². The first-order chi connectivity index (χ1) is 9.16. The van der Waals surface area contributed by atoms with Crippen LogP contribution in [0.2, 0.25) is 0 Å². The lowest BCUT2D eigenvalue weighted by Gasteiger charge is -2.19. The fourth-order valence-corrected chi connectivity index (χ4v) is 3.56. The van der Waals surface area contributed by atoms with Crippen molar-refractivity contribution in [3.8, 4) is 0 Å². The van der Waals surface area contributed by atoms with Gasteiger partial charge in [0.05, 0.1) is 17.2 Å². The van der Waals surface area contributed by atoms with Crippen LogP contribution in [0.4, 0.5) is 0 Å². The van der Waals surface area contributed by atoms with E-state index in [1.165, 1.54) is 11.3 Å². The van der Waals surface area contributed by atoms with Crippen molar-refractivity contribution in [3.63, 3.8) is 0 Å². The number of fused-ring (bicyclic) bond motifs is 1. The van der Waals surface area contributed by atoms with Gasteiger partial charge in [-0.2, -0.15) is 0 Å². The smallest absolute Gasteiger partial charge is 0.149 e. The van der Waals surface area contributed by atoms with Crippen LogP contribution in [0.15, 0.2) is 5.51 Å². The van der Waals surface area contributed by atoms with Gasteiger partial charge in [0.15, 0.2) is 0 Å². The third-order valence-corrected chi connectivity index (χ3v) is 4.82. The van der Waals surface area contributed by atoms with Gasteiger partial charge in [-0.1, -0.05) is 0 Å². The molecule has 0 radical (unpaired) electrons. The molecule has 0 spiro atoms. The SMILES string of the molecule is Cc1ncsc1C(C)NC(C)c1nnc2n1CCC2. The number of hydrogen-bond donors (Lipinski definition) is 1. The van der Waals surface area contributed by atoms with Gasteiger partial charge in [-0.3, -0.25) is 0 Å². The Morgan fingerprint density at radius 1 is 1.32 bits per heavy atom. The Balaban J connectivity index is 1.74. The normalized spacial score (nSPS) is 17.4. The van der Waals surface area contributed by atoms with E-state index < -0.39 is 0 Å². The largest absolute Gasteiger partial charge is 0.314 e. The Morgan fingerprint density at radius 2 is 2.16 bits per heavy atom. The average Bonchev–Trinajstić information content (AvgIpc) is 3.02. The minimum absolute atomic E-state index is 0.204. The quantitative estimate of drug-likeness (QED) is 0.932. The van der Waals surface area contributed by atoms with Gasteiger partial charge in [0.1, 0.15) is 11.6 Å². The van der Waals surface area contributed by atoms with Crippen molar-refractivity contribution >= 4 is 11.3 Å². The molecule has 0 bridgehead atoms. The molecule has 102 valence electrons. The summed E-state index contributed by atoms with van der Waals surface area (Å²) in [5.41, 5.74) is 3.02. The van der Waals surface area contributed by atoms with Crippen molar-refractivity contribution in [2.24, 2.45) is 0 Å². The highest BCUT2D eigenvalue weighted by Crippen LogP contribution is 2.25. The topological polar surface area (TPSA) is 55.6 Å². The Labute approximate surface area is 117 Å². The molecule has 2 unspecified atom stereocenters. The van der Waals surface area contributed by atoms with Crippen LogP contribution in [0.25, 0.3) is 0 Å². The van der Waals surface area contributed by atoms with Crippen LogP contribution in [-0.4, -0.2) is 19.7 Å².